The van der Waals surface area contributed by atoms with Gasteiger partial charge in [-0.15, -0.1) is 11.3 Å². The molecule has 1 fully saturated rings. The summed E-state index contributed by atoms with van der Waals surface area (Å²) in [6.45, 7) is 1.93. The molecule has 0 bridgehead atoms. The van der Waals surface area contributed by atoms with Gasteiger partial charge in [0.15, 0.2) is 0 Å². The normalized spacial score (nSPS) is 27.1. The van der Waals surface area contributed by atoms with Crippen molar-refractivity contribution in [2.75, 3.05) is 0 Å². The summed E-state index contributed by atoms with van der Waals surface area (Å²) >= 11 is 1.57. The maximum Gasteiger partial charge on any atom is 0.307 e. The zero-order valence-electron chi connectivity index (χ0n) is 6.65. The Hall–Kier alpha value is -0.900. The van der Waals surface area contributed by atoms with Gasteiger partial charge in [0, 0.05) is 10.8 Å². The van der Waals surface area contributed by atoms with Crippen molar-refractivity contribution in [3.63, 3.8) is 0 Å². The van der Waals surface area contributed by atoms with E-state index in [-0.39, 0.29) is 11.8 Å². The van der Waals surface area contributed by atoms with Crippen LogP contribution in [0.15, 0.2) is 5.51 Å². The molecule has 0 aliphatic heterocycles. The number of carboxylic acids is 1. The van der Waals surface area contributed by atoms with Crippen molar-refractivity contribution >= 4 is 17.3 Å². The summed E-state index contributed by atoms with van der Waals surface area (Å²) in [5.41, 5.74) is 2.77. The third-order valence-corrected chi connectivity index (χ3v) is 3.29. The average Bonchev–Trinajstić information content (AvgIpc) is 2.70. The van der Waals surface area contributed by atoms with E-state index in [2.05, 4.69) is 4.98 Å². The minimum Gasteiger partial charge on any atom is -0.481 e. The quantitative estimate of drug-likeness (QED) is 0.758. The zero-order valence-corrected chi connectivity index (χ0v) is 7.47. The molecule has 0 radical (unpaired) electrons. The summed E-state index contributed by atoms with van der Waals surface area (Å²) in [6.07, 6.45) is 0.790. The fourth-order valence-electron chi connectivity index (χ4n) is 1.42. The van der Waals surface area contributed by atoms with Crippen molar-refractivity contribution < 1.29 is 9.90 Å². The Morgan fingerprint density at radius 1 is 1.83 bits per heavy atom. The monoisotopic (exact) mass is 183 g/mol. The number of thiazole rings is 1. The molecule has 64 valence electrons. The standard InChI is InChI=1S/C8H9NO2S/c1-4-7(12-3-9-4)5-2-6(5)8(10)11/h3,5-6H,2H2,1H3,(H,10,11)/t5-,6-/m1/s1. The fourth-order valence-corrected chi connectivity index (χ4v) is 2.41. The van der Waals surface area contributed by atoms with Crippen LogP contribution in [-0.4, -0.2) is 16.1 Å². The molecule has 0 aromatic carbocycles. The van der Waals surface area contributed by atoms with E-state index >= 15 is 0 Å². The van der Waals surface area contributed by atoms with Crippen molar-refractivity contribution in [2.45, 2.75) is 19.3 Å². The lowest BCUT2D eigenvalue weighted by Crippen LogP contribution is -1.98. The van der Waals surface area contributed by atoms with Gasteiger partial charge < -0.3 is 5.11 Å². The largest absolute Gasteiger partial charge is 0.481 e. The summed E-state index contributed by atoms with van der Waals surface area (Å²) < 4.78 is 0. The lowest BCUT2D eigenvalue weighted by molar-refractivity contribution is -0.138. The van der Waals surface area contributed by atoms with E-state index in [1.54, 1.807) is 16.8 Å². The zero-order chi connectivity index (χ0) is 8.72. The SMILES string of the molecule is Cc1ncsc1[C@@H]1C[C@H]1C(=O)O. The van der Waals surface area contributed by atoms with E-state index in [1.807, 2.05) is 6.92 Å². The predicted molar refractivity (Wildman–Crippen MR) is 45.3 cm³/mol. The Morgan fingerprint density at radius 2 is 2.58 bits per heavy atom. The molecular weight excluding hydrogens is 174 g/mol. The summed E-state index contributed by atoms with van der Waals surface area (Å²) in [7, 11) is 0. The second-order valence-electron chi connectivity index (χ2n) is 3.09. The Morgan fingerprint density at radius 3 is 3.00 bits per heavy atom. The van der Waals surface area contributed by atoms with Gasteiger partial charge in [0.25, 0.3) is 0 Å². The maximum atomic E-state index is 10.6. The molecule has 12 heavy (non-hydrogen) atoms. The van der Waals surface area contributed by atoms with E-state index in [0.29, 0.717) is 0 Å². The van der Waals surface area contributed by atoms with Crippen LogP contribution in [0.3, 0.4) is 0 Å². The number of aryl methyl sites for hydroxylation is 1. The van der Waals surface area contributed by atoms with Gasteiger partial charge in [-0.3, -0.25) is 4.79 Å². The lowest BCUT2D eigenvalue weighted by Gasteiger charge is -1.92. The number of hydrogen-bond acceptors (Lipinski definition) is 3. The maximum absolute atomic E-state index is 10.6. The summed E-state index contributed by atoms with van der Waals surface area (Å²) in [4.78, 5) is 15.8. The summed E-state index contributed by atoms with van der Waals surface area (Å²) in [6, 6.07) is 0. The van der Waals surface area contributed by atoms with E-state index in [9.17, 15) is 4.79 Å². The molecule has 1 aromatic rings. The topological polar surface area (TPSA) is 50.2 Å². The number of nitrogens with zero attached hydrogens (tertiary/aromatic N) is 1. The Balaban J connectivity index is 2.15. The van der Waals surface area contributed by atoms with Crippen LogP contribution in [0.5, 0.6) is 0 Å². The van der Waals surface area contributed by atoms with Gasteiger partial charge in [-0.1, -0.05) is 0 Å². The van der Waals surface area contributed by atoms with E-state index in [1.165, 1.54) is 0 Å². The van der Waals surface area contributed by atoms with E-state index in [4.69, 9.17) is 5.11 Å². The molecule has 1 heterocycles. The minimum absolute atomic E-state index is 0.149. The number of carboxylic acid groups (broad SMARTS) is 1. The molecule has 1 aliphatic rings. The number of carbonyl (C=O) groups is 1. The first-order valence-electron chi connectivity index (χ1n) is 3.83. The van der Waals surface area contributed by atoms with Crippen molar-refractivity contribution in [1.82, 2.24) is 4.98 Å². The average molecular weight is 183 g/mol. The van der Waals surface area contributed by atoms with Crippen LogP contribution in [-0.2, 0) is 4.79 Å². The predicted octanol–water partition coefficient (Wildman–Crippen LogP) is 1.64. The highest BCUT2D eigenvalue weighted by molar-refractivity contribution is 7.09. The van der Waals surface area contributed by atoms with Gasteiger partial charge in [-0.25, -0.2) is 4.98 Å². The Labute approximate surface area is 74.1 Å². The molecule has 1 aliphatic carbocycles. The third-order valence-electron chi connectivity index (χ3n) is 2.23. The summed E-state index contributed by atoms with van der Waals surface area (Å²) in [5, 5.41) is 8.70. The highest BCUT2D eigenvalue weighted by Crippen LogP contribution is 2.49. The number of aromatic nitrogens is 1. The van der Waals surface area contributed by atoms with E-state index < -0.39 is 5.97 Å². The first kappa shape index (κ1) is 7.73. The van der Waals surface area contributed by atoms with Crippen molar-refractivity contribution in [3.05, 3.63) is 16.1 Å². The fraction of sp³-hybridized carbons (Fsp3) is 0.500. The molecule has 1 aromatic heterocycles. The first-order chi connectivity index (χ1) is 5.70. The summed E-state index contributed by atoms with van der Waals surface area (Å²) in [5.74, 6) is -0.577. The van der Waals surface area contributed by atoms with Crippen molar-refractivity contribution in [3.8, 4) is 0 Å². The Bertz CT molecular complexity index is 321. The van der Waals surface area contributed by atoms with Crippen LogP contribution in [0.25, 0.3) is 0 Å². The van der Waals surface area contributed by atoms with Crippen molar-refractivity contribution in [2.24, 2.45) is 5.92 Å². The molecule has 2 atom stereocenters. The van der Waals surface area contributed by atoms with Crippen LogP contribution in [0, 0.1) is 12.8 Å². The second-order valence-corrected chi connectivity index (χ2v) is 3.98. The lowest BCUT2D eigenvalue weighted by atomic mass is 10.2. The first-order valence-corrected chi connectivity index (χ1v) is 4.71. The van der Waals surface area contributed by atoms with Gasteiger partial charge >= 0.3 is 5.97 Å². The van der Waals surface area contributed by atoms with Gasteiger partial charge in [0.05, 0.1) is 17.1 Å². The van der Waals surface area contributed by atoms with Crippen LogP contribution in [0.4, 0.5) is 0 Å². The van der Waals surface area contributed by atoms with Crippen LogP contribution < -0.4 is 0 Å². The highest BCUT2D eigenvalue weighted by Gasteiger charge is 2.45. The molecule has 1 N–H and O–H groups in total. The van der Waals surface area contributed by atoms with Crippen molar-refractivity contribution in [1.29, 1.82) is 0 Å². The van der Waals surface area contributed by atoms with Crippen LogP contribution >= 0.6 is 11.3 Å². The van der Waals surface area contributed by atoms with Gasteiger partial charge in [0.1, 0.15) is 0 Å². The van der Waals surface area contributed by atoms with Gasteiger partial charge in [-0.2, -0.15) is 0 Å². The van der Waals surface area contributed by atoms with Crippen LogP contribution in [0.1, 0.15) is 22.9 Å². The second kappa shape index (κ2) is 2.55. The minimum atomic E-state index is -0.673. The van der Waals surface area contributed by atoms with Gasteiger partial charge in [0.2, 0.25) is 0 Å². The highest BCUT2D eigenvalue weighted by atomic mass is 32.1. The molecule has 4 heteroatoms. The van der Waals surface area contributed by atoms with E-state index in [0.717, 1.165) is 17.0 Å². The molecule has 1 saturated carbocycles. The molecule has 3 nitrogen and oxygen atoms in total. The third kappa shape index (κ3) is 1.12. The number of hydrogen-bond donors (Lipinski definition) is 1. The molecule has 0 spiro atoms. The molecule has 0 unspecified atom stereocenters. The number of aliphatic carboxylic acids is 1. The van der Waals surface area contributed by atoms with Crippen LogP contribution in [0.2, 0.25) is 0 Å². The molecule has 0 amide bonds. The smallest absolute Gasteiger partial charge is 0.307 e. The number of rotatable bonds is 2. The molecule has 2 rings (SSSR count). The Kier molecular flexibility index (Phi) is 1.65. The molecule has 0 saturated heterocycles. The molecular formula is C8H9NO2S. The van der Waals surface area contributed by atoms with Gasteiger partial charge in [-0.05, 0) is 13.3 Å².